The number of nitrogens with one attached hydrogen (secondary N) is 1. The van der Waals surface area contributed by atoms with E-state index in [-0.39, 0.29) is 0 Å². The highest BCUT2D eigenvalue weighted by atomic mass is 35.5. The summed E-state index contributed by atoms with van der Waals surface area (Å²) in [6, 6.07) is 5.48. The molecule has 0 atom stereocenters. The van der Waals surface area contributed by atoms with Crippen LogP contribution in [0.2, 0.25) is 10.0 Å². The summed E-state index contributed by atoms with van der Waals surface area (Å²) in [4.78, 5) is 2.09. The van der Waals surface area contributed by atoms with Gasteiger partial charge in [-0.2, -0.15) is 0 Å². The third-order valence-corrected chi connectivity index (χ3v) is 2.45. The topological polar surface area (TPSA) is 15.3 Å². The number of benzene rings is 1. The fourth-order valence-electron chi connectivity index (χ4n) is 1.07. The molecule has 0 spiro atoms. The number of hydrogen-bond donors (Lipinski definition) is 1. The highest BCUT2D eigenvalue weighted by molar-refractivity contribution is 6.39. The molecule has 0 heterocycles. The number of anilines is 1. The highest BCUT2D eigenvalue weighted by Gasteiger charge is 2.03. The van der Waals surface area contributed by atoms with E-state index in [0.717, 1.165) is 18.8 Å². The Balaban J connectivity index is 2.58. The van der Waals surface area contributed by atoms with Crippen molar-refractivity contribution in [2.75, 3.05) is 32.5 Å². The van der Waals surface area contributed by atoms with Crippen LogP contribution in [0.25, 0.3) is 0 Å². The molecule has 1 aromatic carbocycles. The molecule has 0 aliphatic carbocycles. The minimum Gasteiger partial charge on any atom is -0.381 e. The van der Waals surface area contributed by atoms with Crippen LogP contribution in [0.1, 0.15) is 0 Å². The number of rotatable bonds is 4. The molecular weight excluding hydrogens is 219 g/mol. The summed E-state index contributed by atoms with van der Waals surface area (Å²) in [5.74, 6) is 0. The molecule has 4 heteroatoms. The zero-order chi connectivity index (χ0) is 10.6. The summed E-state index contributed by atoms with van der Waals surface area (Å²) in [6.45, 7) is 1.78. The largest absolute Gasteiger partial charge is 0.381 e. The molecule has 2 nitrogen and oxygen atoms in total. The van der Waals surface area contributed by atoms with E-state index in [4.69, 9.17) is 23.2 Å². The van der Waals surface area contributed by atoms with Crippen LogP contribution in [-0.2, 0) is 0 Å². The van der Waals surface area contributed by atoms with Gasteiger partial charge in [0, 0.05) is 13.1 Å². The van der Waals surface area contributed by atoms with Crippen molar-refractivity contribution in [2.24, 2.45) is 0 Å². The summed E-state index contributed by atoms with van der Waals surface area (Å²) >= 11 is 12.0. The minimum absolute atomic E-state index is 0.663. The first-order valence-corrected chi connectivity index (χ1v) is 5.19. The molecule has 0 unspecified atom stereocenters. The van der Waals surface area contributed by atoms with Crippen LogP contribution in [-0.4, -0.2) is 32.1 Å². The van der Waals surface area contributed by atoms with Crippen molar-refractivity contribution in [1.82, 2.24) is 4.90 Å². The second-order valence-electron chi connectivity index (χ2n) is 3.33. The Morgan fingerprint density at radius 3 is 2.29 bits per heavy atom. The van der Waals surface area contributed by atoms with Gasteiger partial charge in [-0.25, -0.2) is 0 Å². The summed E-state index contributed by atoms with van der Waals surface area (Å²) in [5.41, 5.74) is 0.817. The van der Waals surface area contributed by atoms with Gasteiger partial charge in [0.15, 0.2) is 0 Å². The Hall–Kier alpha value is -0.440. The number of nitrogens with zero attached hydrogens (tertiary/aromatic N) is 1. The highest BCUT2D eigenvalue weighted by Crippen LogP contribution is 2.29. The predicted molar refractivity (Wildman–Crippen MR) is 63.5 cm³/mol. The molecule has 78 valence electrons. The lowest BCUT2D eigenvalue weighted by Gasteiger charge is -2.13. The first-order chi connectivity index (χ1) is 6.61. The molecule has 0 bridgehead atoms. The van der Waals surface area contributed by atoms with Gasteiger partial charge in [-0.1, -0.05) is 29.3 Å². The van der Waals surface area contributed by atoms with Gasteiger partial charge in [0.05, 0.1) is 15.7 Å². The summed E-state index contributed by atoms with van der Waals surface area (Å²) in [6.07, 6.45) is 0. The van der Waals surface area contributed by atoms with Crippen molar-refractivity contribution in [1.29, 1.82) is 0 Å². The zero-order valence-corrected chi connectivity index (χ0v) is 9.86. The smallest absolute Gasteiger partial charge is 0.0719 e. The first-order valence-electron chi connectivity index (χ1n) is 4.44. The maximum atomic E-state index is 5.98. The molecule has 0 aliphatic heterocycles. The van der Waals surface area contributed by atoms with Crippen molar-refractivity contribution in [2.45, 2.75) is 0 Å². The van der Waals surface area contributed by atoms with Gasteiger partial charge in [-0.05, 0) is 26.2 Å². The molecule has 0 fully saturated rings. The van der Waals surface area contributed by atoms with Gasteiger partial charge < -0.3 is 10.2 Å². The number of hydrogen-bond acceptors (Lipinski definition) is 2. The van der Waals surface area contributed by atoms with Crippen molar-refractivity contribution in [3.8, 4) is 0 Å². The number of likely N-dealkylation sites (N-methyl/N-ethyl adjacent to an activating group) is 1. The maximum absolute atomic E-state index is 5.98. The fraction of sp³-hybridized carbons (Fsp3) is 0.400. The summed E-state index contributed by atoms with van der Waals surface area (Å²) in [5, 5.41) is 4.53. The Labute approximate surface area is 94.8 Å². The average molecular weight is 233 g/mol. The molecule has 1 rings (SSSR count). The normalized spacial score (nSPS) is 10.6. The van der Waals surface area contributed by atoms with Crippen LogP contribution < -0.4 is 5.32 Å². The van der Waals surface area contributed by atoms with Crippen LogP contribution in [0.15, 0.2) is 18.2 Å². The Morgan fingerprint density at radius 2 is 1.79 bits per heavy atom. The standard InChI is InChI=1S/C10H14Cl2N2/c1-14(2)7-6-13-10-8(11)4-3-5-9(10)12/h3-5,13H,6-7H2,1-2H3. The monoisotopic (exact) mass is 232 g/mol. The average Bonchev–Trinajstić information content (AvgIpc) is 2.09. The lowest BCUT2D eigenvalue weighted by molar-refractivity contribution is 0.425. The third-order valence-electron chi connectivity index (χ3n) is 1.82. The Bertz CT molecular complexity index is 280. The van der Waals surface area contributed by atoms with Gasteiger partial charge in [-0.15, -0.1) is 0 Å². The van der Waals surface area contributed by atoms with E-state index in [0.29, 0.717) is 10.0 Å². The number of halogens is 2. The van der Waals surface area contributed by atoms with E-state index in [9.17, 15) is 0 Å². The summed E-state index contributed by atoms with van der Waals surface area (Å²) in [7, 11) is 4.05. The van der Waals surface area contributed by atoms with Crippen LogP contribution in [0, 0.1) is 0 Å². The molecular formula is C10H14Cl2N2. The zero-order valence-electron chi connectivity index (χ0n) is 8.35. The molecule has 0 amide bonds. The fourth-order valence-corrected chi connectivity index (χ4v) is 1.60. The third kappa shape index (κ3) is 3.37. The molecule has 1 aromatic rings. The Morgan fingerprint density at radius 1 is 1.21 bits per heavy atom. The molecule has 0 radical (unpaired) electrons. The molecule has 0 aromatic heterocycles. The first kappa shape index (κ1) is 11.6. The van der Waals surface area contributed by atoms with Gasteiger partial charge >= 0.3 is 0 Å². The van der Waals surface area contributed by atoms with Crippen LogP contribution >= 0.6 is 23.2 Å². The van der Waals surface area contributed by atoms with Gasteiger partial charge in [0.2, 0.25) is 0 Å². The molecule has 14 heavy (non-hydrogen) atoms. The van der Waals surface area contributed by atoms with E-state index in [1.807, 2.05) is 32.3 Å². The van der Waals surface area contributed by atoms with Crippen molar-refractivity contribution in [3.05, 3.63) is 28.2 Å². The van der Waals surface area contributed by atoms with Gasteiger partial charge in [0.1, 0.15) is 0 Å². The number of para-hydroxylation sites is 1. The van der Waals surface area contributed by atoms with Gasteiger partial charge in [0.25, 0.3) is 0 Å². The van der Waals surface area contributed by atoms with E-state index in [1.54, 1.807) is 0 Å². The van der Waals surface area contributed by atoms with Crippen molar-refractivity contribution >= 4 is 28.9 Å². The van der Waals surface area contributed by atoms with E-state index >= 15 is 0 Å². The van der Waals surface area contributed by atoms with E-state index in [2.05, 4.69) is 10.2 Å². The Kier molecular flexibility index (Phi) is 4.52. The second-order valence-corrected chi connectivity index (χ2v) is 4.14. The minimum atomic E-state index is 0.663. The van der Waals surface area contributed by atoms with Crippen LogP contribution in [0.4, 0.5) is 5.69 Å². The van der Waals surface area contributed by atoms with E-state index in [1.165, 1.54) is 0 Å². The second kappa shape index (κ2) is 5.44. The lowest BCUT2D eigenvalue weighted by Crippen LogP contribution is -2.20. The molecule has 0 aliphatic rings. The molecule has 0 saturated heterocycles. The van der Waals surface area contributed by atoms with E-state index < -0.39 is 0 Å². The quantitative estimate of drug-likeness (QED) is 0.859. The van der Waals surface area contributed by atoms with Crippen molar-refractivity contribution in [3.63, 3.8) is 0 Å². The maximum Gasteiger partial charge on any atom is 0.0719 e. The molecule has 0 saturated carbocycles. The van der Waals surface area contributed by atoms with Crippen molar-refractivity contribution < 1.29 is 0 Å². The predicted octanol–water partition coefficient (Wildman–Crippen LogP) is 2.97. The van der Waals surface area contributed by atoms with Crippen LogP contribution in [0.3, 0.4) is 0 Å². The SMILES string of the molecule is CN(C)CCNc1c(Cl)cccc1Cl. The van der Waals surface area contributed by atoms with Crippen LogP contribution in [0.5, 0.6) is 0 Å². The lowest BCUT2D eigenvalue weighted by atomic mass is 10.3. The van der Waals surface area contributed by atoms with Gasteiger partial charge in [-0.3, -0.25) is 0 Å². The molecule has 1 N–H and O–H groups in total. The summed E-state index contributed by atoms with van der Waals surface area (Å²) < 4.78 is 0.